The molecule has 3 nitrogen and oxygen atoms in total. The van der Waals surface area contributed by atoms with Crippen molar-refractivity contribution in [2.24, 2.45) is 0 Å². The van der Waals surface area contributed by atoms with Crippen LogP contribution in [0.1, 0.15) is 74.9 Å². The lowest BCUT2D eigenvalue weighted by atomic mass is 9.68. The van der Waals surface area contributed by atoms with E-state index in [9.17, 15) is 0 Å². The number of hydrogen-bond donors (Lipinski definition) is 0. The van der Waals surface area contributed by atoms with E-state index < -0.39 is 5.41 Å². The first-order valence-electron chi connectivity index (χ1n) is 20.8. The maximum Gasteiger partial charge on any atom is 0.164 e. The van der Waals surface area contributed by atoms with Gasteiger partial charge in [-0.05, 0) is 94.1 Å². The Morgan fingerprint density at radius 1 is 0.339 bits per heavy atom. The van der Waals surface area contributed by atoms with Crippen molar-refractivity contribution in [2.45, 2.75) is 57.8 Å². The Bertz CT molecular complexity index is 3020. The molecule has 59 heavy (non-hydrogen) atoms. The first-order chi connectivity index (χ1) is 28.5. The zero-order valence-corrected chi connectivity index (χ0v) is 34.4. The van der Waals surface area contributed by atoms with Crippen molar-refractivity contribution >= 4 is 21.5 Å². The third-order valence-corrected chi connectivity index (χ3v) is 12.9. The van der Waals surface area contributed by atoms with E-state index in [1.54, 1.807) is 0 Å². The van der Waals surface area contributed by atoms with Crippen molar-refractivity contribution in [3.8, 4) is 56.4 Å². The SMILES string of the molecule is CC(C)(C)c1ccc2c(c1)C1(c3ccccc3-c3ccc(-c4nc(-c5cccc6ccccc56)nc(-c5cccc6ccccc56)n4)cc31)c1cc(C(C)(C)C)ccc1-2. The summed E-state index contributed by atoms with van der Waals surface area (Å²) in [6.45, 7) is 13.9. The van der Waals surface area contributed by atoms with Crippen LogP contribution in [-0.4, -0.2) is 15.0 Å². The van der Waals surface area contributed by atoms with Crippen LogP contribution in [0.15, 0.2) is 164 Å². The number of nitrogens with zero attached hydrogens (tertiary/aromatic N) is 3. The minimum absolute atomic E-state index is 0.0226. The van der Waals surface area contributed by atoms with Gasteiger partial charge in [0, 0.05) is 16.7 Å². The van der Waals surface area contributed by atoms with E-state index in [0.29, 0.717) is 17.5 Å². The molecule has 284 valence electrons. The van der Waals surface area contributed by atoms with Gasteiger partial charge in [0.2, 0.25) is 0 Å². The lowest BCUT2D eigenvalue weighted by molar-refractivity contribution is 0.586. The lowest BCUT2D eigenvalue weighted by Crippen LogP contribution is -2.27. The van der Waals surface area contributed by atoms with Crippen LogP contribution in [0.5, 0.6) is 0 Å². The summed E-state index contributed by atoms with van der Waals surface area (Å²) >= 11 is 0. The van der Waals surface area contributed by atoms with E-state index in [4.69, 9.17) is 15.0 Å². The minimum Gasteiger partial charge on any atom is -0.208 e. The fourth-order valence-electron chi connectivity index (χ4n) is 9.84. The average Bonchev–Trinajstić information content (AvgIpc) is 3.71. The topological polar surface area (TPSA) is 38.7 Å². The van der Waals surface area contributed by atoms with Crippen molar-refractivity contribution in [3.05, 3.63) is 197 Å². The van der Waals surface area contributed by atoms with E-state index in [1.165, 1.54) is 55.6 Å². The smallest absolute Gasteiger partial charge is 0.164 e. The molecule has 0 atom stereocenters. The highest BCUT2D eigenvalue weighted by Crippen LogP contribution is 2.63. The standard InChI is InChI=1S/C56H45N3/c1-54(2,3)37-26-29-43-44-30-27-38(55(4,5)6)33-50(44)56(49(43)32-37)47-24-12-11-21-41(47)42-28-25-36(31-48(42)56)51-57-52(45-22-13-17-34-15-7-9-19-39(34)45)59-53(58-51)46-23-14-18-35-16-8-10-20-40(35)46/h7-33H,1-6H3. The van der Waals surface area contributed by atoms with Gasteiger partial charge in [-0.1, -0.05) is 199 Å². The summed E-state index contributed by atoms with van der Waals surface area (Å²) in [4.78, 5) is 16.0. The summed E-state index contributed by atoms with van der Waals surface area (Å²) in [5, 5.41) is 4.53. The average molecular weight is 760 g/mol. The molecule has 0 fully saturated rings. The fraction of sp³-hybridized carbons (Fsp3) is 0.161. The van der Waals surface area contributed by atoms with Gasteiger partial charge in [-0.15, -0.1) is 0 Å². The fourth-order valence-corrected chi connectivity index (χ4v) is 9.84. The molecule has 9 aromatic rings. The quantitative estimate of drug-likeness (QED) is 0.180. The molecule has 0 unspecified atom stereocenters. The van der Waals surface area contributed by atoms with E-state index >= 15 is 0 Å². The van der Waals surface area contributed by atoms with Crippen LogP contribution in [0, 0.1) is 0 Å². The second kappa shape index (κ2) is 12.6. The number of aromatic nitrogens is 3. The second-order valence-electron chi connectivity index (χ2n) is 18.4. The lowest BCUT2D eigenvalue weighted by Gasteiger charge is -2.33. The highest BCUT2D eigenvalue weighted by atomic mass is 15.0. The van der Waals surface area contributed by atoms with Gasteiger partial charge in [0.25, 0.3) is 0 Å². The molecule has 8 aromatic carbocycles. The van der Waals surface area contributed by atoms with Crippen LogP contribution >= 0.6 is 0 Å². The summed E-state index contributed by atoms with van der Waals surface area (Å²) < 4.78 is 0. The van der Waals surface area contributed by atoms with Crippen molar-refractivity contribution in [1.29, 1.82) is 0 Å². The highest BCUT2D eigenvalue weighted by Gasteiger charge is 2.52. The molecule has 11 rings (SSSR count). The van der Waals surface area contributed by atoms with Crippen LogP contribution in [0.25, 0.3) is 78.0 Å². The van der Waals surface area contributed by atoms with Gasteiger partial charge in [0.1, 0.15) is 0 Å². The van der Waals surface area contributed by atoms with Gasteiger partial charge in [0.15, 0.2) is 17.5 Å². The summed E-state index contributed by atoms with van der Waals surface area (Å²) in [5.41, 5.74) is 15.5. The zero-order valence-electron chi connectivity index (χ0n) is 34.4. The zero-order chi connectivity index (χ0) is 40.3. The van der Waals surface area contributed by atoms with Gasteiger partial charge in [-0.25, -0.2) is 15.0 Å². The molecule has 2 aliphatic rings. The Labute approximate surface area is 346 Å². The van der Waals surface area contributed by atoms with Crippen molar-refractivity contribution < 1.29 is 0 Å². The van der Waals surface area contributed by atoms with E-state index in [1.807, 2.05) is 0 Å². The molecule has 0 saturated carbocycles. The molecule has 1 aromatic heterocycles. The normalized spacial score (nSPS) is 13.7. The molecule has 0 amide bonds. The molecule has 2 aliphatic carbocycles. The predicted molar refractivity (Wildman–Crippen MR) is 245 cm³/mol. The molecule has 0 N–H and O–H groups in total. The first kappa shape index (κ1) is 35.5. The number of rotatable bonds is 3. The summed E-state index contributed by atoms with van der Waals surface area (Å²) in [6, 6.07) is 60.2. The van der Waals surface area contributed by atoms with Gasteiger partial charge in [0.05, 0.1) is 5.41 Å². The number of hydrogen-bond acceptors (Lipinski definition) is 3. The summed E-state index contributed by atoms with van der Waals surface area (Å²) in [5.74, 6) is 1.98. The Morgan fingerprint density at radius 2 is 0.746 bits per heavy atom. The third kappa shape index (κ3) is 5.30. The molecule has 1 spiro atoms. The molecule has 0 radical (unpaired) electrons. The molecule has 0 bridgehead atoms. The minimum atomic E-state index is -0.529. The van der Waals surface area contributed by atoms with Gasteiger partial charge >= 0.3 is 0 Å². The first-order valence-corrected chi connectivity index (χ1v) is 20.8. The number of fused-ring (bicyclic) bond motifs is 12. The molecule has 0 saturated heterocycles. The Kier molecular flexibility index (Phi) is 7.60. The van der Waals surface area contributed by atoms with E-state index in [2.05, 4.69) is 205 Å². The molecule has 0 aliphatic heterocycles. The van der Waals surface area contributed by atoms with Crippen molar-refractivity contribution in [2.75, 3.05) is 0 Å². The van der Waals surface area contributed by atoms with Crippen LogP contribution in [-0.2, 0) is 16.2 Å². The Morgan fingerprint density at radius 3 is 1.29 bits per heavy atom. The second-order valence-corrected chi connectivity index (χ2v) is 18.4. The molecular formula is C56H45N3. The van der Waals surface area contributed by atoms with Gasteiger partial charge in [-0.2, -0.15) is 0 Å². The van der Waals surface area contributed by atoms with Gasteiger partial charge < -0.3 is 0 Å². The maximum absolute atomic E-state index is 5.38. The van der Waals surface area contributed by atoms with Crippen LogP contribution in [0.2, 0.25) is 0 Å². The maximum atomic E-state index is 5.38. The van der Waals surface area contributed by atoms with Gasteiger partial charge in [-0.3, -0.25) is 0 Å². The Hall–Kier alpha value is -6.71. The summed E-state index contributed by atoms with van der Waals surface area (Å²) in [6.07, 6.45) is 0. The Balaban J connectivity index is 1.21. The molecule has 1 heterocycles. The van der Waals surface area contributed by atoms with Crippen LogP contribution in [0.3, 0.4) is 0 Å². The highest BCUT2D eigenvalue weighted by molar-refractivity contribution is 5.99. The van der Waals surface area contributed by atoms with E-state index in [-0.39, 0.29) is 10.8 Å². The van der Waals surface area contributed by atoms with Crippen LogP contribution in [0.4, 0.5) is 0 Å². The van der Waals surface area contributed by atoms with Crippen LogP contribution < -0.4 is 0 Å². The van der Waals surface area contributed by atoms with Crippen molar-refractivity contribution in [3.63, 3.8) is 0 Å². The number of benzene rings is 8. The largest absolute Gasteiger partial charge is 0.208 e. The van der Waals surface area contributed by atoms with E-state index in [0.717, 1.165) is 38.2 Å². The molecular weight excluding hydrogens is 715 g/mol. The molecule has 3 heteroatoms. The monoisotopic (exact) mass is 759 g/mol. The summed E-state index contributed by atoms with van der Waals surface area (Å²) in [7, 11) is 0. The van der Waals surface area contributed by atoms with Crippen molar-refractivity contribution in [1.82, 2.24) is 15.0 Å². The predicted octanol–water partition coefficient (Wildman–Crippen LogP) is 14.1. The third-order valence-electron chi connectivity index (χ3n) is 12.9.